The lowest BCUT2D eigenvalue weighted by Gasteiger charge is -2.22. The van der Waals surface area contributed by atoms with Crippen LogP contribution >= 0.6 is 0 Å². The summed E-state index contributed by atoms with van der Waals surface area (Å²) in [6.45, 7) is 10.8. The van der Waals surface area contributed by atoms with Crippen molar-refractivity contribution in [1.82, 2.24) is 0 Å². The van der Waals surface area contributed by atoms with Crippen LogP contribution in [0.1, 0.15) is 44.4 Å². The van der Waals surface area contributed by atoms with Crippen LogP contribution in [0.5, 0.6) is 0 Å². The molecule has 1 aliphatic rings. The molecule has 0 radical (unpaired) electrons. The molecular formula is C36H34. The van der Waals surface area contributed by atoms with Crippen LogP contribution < -0.4 is 0 Å². The van der Waals surface area contributed by atoms with Crippen molar-refractivity contribution in [1.29, 1.82) is 0 Å². The second-order valence-electron chi connectivity index (χ2n) is 9.96. The molecule has 0 bridgehead atoms. The molecule has 178 valence electrons. The Morgan fingerprint density at radius 3 is 1.56 bits per heavy atom. The lowest BCUT2D eigenvalue weighted by Crippen LogP contribution is -2.14. The van der Waals surface area contributed by atoms with Gasteiger partial charge in [0.05, 0.1) is 0 Å². The maximum atomic E-state index is 2.40. The van der Waals surface area contributed by atoms with Gasteiger partial charge < -0.3 is 0 Å². The molecule has 0 heterocycles. The highest BCUT2D eigenvalue weighted by Gasteiger charge is 2.35. The summed E-state index contributed by atoms with van der Waals surface area (Å²) in [5.41, 5.74) is 14.4. The van der Waals surface area contributed by atoms with E-state index in [1.54, 1.807) is 0 Å². The van der Waals surface area contributed by atoms with Gasteiger partial charge in [0.25, 0.3) is 0 Å². The van der Waals surface area contributed by atoms with Gasteiger partial charge in [-0.3, -0.25) is 0 Å². The summed E-state index contributed by atoms with van der Waals surface area (Å²) in [4.78, 5) is 0. The highest BCUT2D eigenvalue weighted by atomic mass is 14.4. The Balaban J connectivity index is 0.00000130. The largest absolute Gasteiger partial charge is 0.0683 e. The first kappa shape index (κ1) is 23.8. The Kier molecular flexibility index (Phi) is 6.37. The SMILES string of the molecule is CC.Cc1ccc(-c2ccc(-c3cccc(-c4ccc5c(c4)C(C)(C)c4ccccc4-5)c3)cc2)cc1. The zero-order valence-corrected chi connectivity index (χ0v) is 22.0. The molecule has 36 heavy (non-hydrogen) atoms. The van der Waals surface area contributed by atoms with Gasteiger partial charge in [0.2, 0.25) is 0 Å². The number of benzene rings is 5. The van der Waals surface area contributed by atoms with E-state index in [-0.39, 0.29) is 5.41 Å². The zero-order valence-electron chi connectivity index (χ0n) is 22.0. The predicted octanol–water partition coefficient (Wildman–Crippen LogP) is 10.3. The Morgan fingerprint density at radius 2 is 0.889 bits per heavy atom. The molecule has 5 aromatic carbocycles. The van der Waals surface area contributed by atoms with Crippen molar-refractivity contribution in [3.8, 4) is 44.5 Å². The van der Waals surface area contributed by atoms with Crippen LogP contribution in [0.4, 0.5) is 0 Å². The maximum absolute atomic E-state index is 2.40. The maximum Gasteiger partial charge on any atom is 0.0159 e. The summed E-state index contributed by atoms with van der Waals surface area (Å²) in [6.07, 6.45) is 0. The summed E-state index contributed by atoms with van der Waals surface area (Å²) in [7, 11) is 0. The molecule has 0 saturated heterocycles. The van der Waals surface area contributed by atoms with Crippen molar-refractivity contribution in [3.63, 3.8) is 0 Å². The average Bonchev–Trinajstić information content (AvgIpc) is 3.17. The fourth-order valence-electron chi connectivity index (χ4n) is 5.36. The van der Waals surface area contributed by atoms with Gasteiger partial charge in [-0.05, 0) is 74.7 Å². The Bertz CT molecular complexity index is 1500. The van der Waals surface area contributed by atoms with E-state index in [1.807, 2.05) is 13.8 Å². The highest BCUT2D eigenvalue weighted by molar-refractivity contribution is 5.84. The van der Waals surface area contributed by atoms with E-state index in [4.69, 9.17) is 0 Å². The summed E-state index contributed by atoms with van der Waals surface area (Å²) in [5, 5.41) is 0. The Morgan fingerprint density at radius 1 is 0.417 bits per heavy atom. The van der Waals surface area contributed by atoms with Gasteiger partial charge in [0.1, 0.15) is 0 Å². The van der Waals surface area contributed by atoms with Crippen LogP contribution in [-0.4, -0.2) is 0 Å². The summed E-state index contributed by atoms with van der Waals surface area (Å²) < 4.78 is 0. The van der Waals surface area contributed by atoms with Crippen molar-refractivity contribution < 1.29 is 0 Å². The van der Waals surface area contributed by atoms with Gasteiger partial charge in [-0.25, -0.2) is 0 Å². The van der Waals surface area contributed by atoms with Crippen LogP contribution in [-0.2, 0) is 5.41 Å². The van der Waals surface area contributed by atoms with Gasteiger partial charge >= 0.3 is 0 Å². The minimum atomic E-state index is 0.0192. The van der Waals surface area contributed by atoms with Crippen molar-refractivity contribution in [2.45, 2.75) is 40.0 Å². The van der Waals surface area contributed by atoms with Gasteiger partial charge in [-0.2, -0.15) is 0 Å². The molecule has 0 amide bonds. The minimum absolute atomic E-state index is 0.0192. The molecule has 0 atom stereocenters. The molecule has 0 heteroatoms. The first-order valence-electron chi connectivity index (χ1n) is 13.0. The van der Waals surface area contributed by atoms with Gasteiger partial charge in [0, 0.05) is 5.41 Å². The second kappa shape index (κ2) is 9.63. The van der Waals surface area contributed by atoms with E-state index < -0.39 is 0 Å². The smallest absolute Gasteiger partial charge is 0.0159 e. The highest BCUT2D eigenvalue weighted by Crippen LogP contribution is 2.49. The quantitative estimate of drug-likeness (QED) is 0.248. The Hall–Kier alpha value is -3.90. The first-order valence-corrected chi connectivity index (χ1v) is 13.0. The molecule has 0 aromatic heterocycles. The molecule has 0 fully saturated rings. The summed E-state index contributed by atoms with van der Waals surface area (Å²) >= 11 is 0. The van der Waals surface area contributed by atoms with Crippen LogP contribution in [0, 0.1) is 6.92 Å². The number of rotatable bonds is 3. The third-order valence-corrected chi connectivity index (χ3v) is 7.38. The van der Waals surface area contributed by atoms with Crippen molar-refractivity contribution >= 4 is 0 Å². The topological polar surface area (TPSA) is 0 Å². The minimum Gasteiger partial charge on any atom is -0.0683 e. The van der Waals surface area contributed by atoms with Crippen LogP contribution in [0.25, 0.3) is 44.5 Å². The lowest BCUT2D eigenvalue weighted by molar-refractivity contribution is 0.660. The van der Waals surface area contributed by atoms with Crippen LogP contribution in [0.3, 0.4) is 0 Å². The van der Waals surface area contributed by atoms with Gasteiger partial charge in [-0.15, -0.1) is 0 Å². The van der Waals surface area contributed by atoms with E-state index >= 15 is 0 Å². The molecule has 5 aromatic rings. The van der Waals surface area contributed by atoms with Gasteiger partial charge in [-0.1, -0.05) is 136 Å². The predicted molar refractivity (Wildman–Crippen MR) is 156 cm³/mol. The van der Waals surface area contributed by atoms with E-state index in [1.165, 1.54) is 61.2 Å². The molecule has 0 N–H and O–H groups in total. The molecule has 0 saturated carbocycles. The molecule has 1 aliphatic carbocycles. The average molecular weight is 467 g/mol. The lowest BCUT2D eigenvalue weighted by atomic mass is 9.81. The second-order valence-corrected chi connectivity index (χ2v) is 9.96. The molecule has 6 rings (SSSR count). The summed E-state index contributed by atoms with van der Waals surface area (Å²) in [6, 6.07) is 42.4. The van der Waals surface area contributed by atoms with E-state index in [0.29, 0.717) is 0 Å². The van der Waals surface area contributed by atoms with Crippen molar-refractivity contribution in [2.24, 2.45) is 0 Å². The van der Waals surface area contributed by atoms with Crippen LogP contribution in [0.15, 0.2) is 115 Å². The Labute approximate surface area is 216 Å². The number of hydrogen-bond acceptors (Lipinski definition) is 0. The van der Waals surface area contributed by atoms with E-state index in [9.17, 15) is 0 Å². The normalized spacial score (nSPS) is 12.8. The van der Waals surface area contributed by atoms with Crippen LogP contribution in [0.2, 0.25) is 0 Å². The first-order chi connectivity index (χ1) is 17.5. The third kappa shape index (κ3) is 4.18. The van der Waals surface area contributed by atoms with Gasteiger partial charge in [0.15, 0.2) is 0 Å². The molecule has 0 spiro atoms. The monoisotopic (exact) mass is 466 g/mol. The number of aryl methyl sites for hydroxylation is 1. The molecule has 0 aliphatic heterocycles. The number of hydrogen-bond donors (Lipinski definition) is 0. The summed E-state index contributed by atoms with van der Waals surface area (Å²) in [5.74, 6) is 0. The molecule has 0 unspecified atom stereocenters. The molecule has 0 nitrogen and oxygen atoms in total. The third-order valence-electron chi connectivity index (χ3n) is 7.38. The standard InChI is InChI=1S/C34H28.C2H6/c1-23-11-13-24(14-12-23)25-15-17-26(18-16-25)27-7-6-8-28(21-27)29-19-20-31-30-9-4-5-10-32(30)34(2,3)33(31)22-29;1-2/h4-22H,1-3H3;1-2H3. The fraction of sp³-hybridized carbons (Fsp3) is 0.167. The van der Waals surface area contributed by atoms with E-state index in [0.717, 1.165) is 0 Å². The zero-order chi connectivity index (χ0) is 25.3. The van der Waals surface area contributed by atoms with Crippen molar-refractivity contribution in [3.05, 3.63) is 132 Å². The molecular weight excluding hydrogens is 432 g/mol. The van der Waals surface area contributed by atoms with Crippen molar-refractivity contribution in [2.75, 3.05) is 0 Å². The fourth-order valence-corrected chi connectivity index (χ4v) is 5.36. The number of fused-ring (bicyclic) bond motifs is 3. The van der Waals surface area contributed by atoms with E-state index in [2.05, 4.69) is 136 Å².